The zero-order valence-electron chi connectivity index (χ0n) is 8.82. The molecule has 0 unspecified atom stereocenters. The van der Waals surface area contributed by atoms with Crippen molar-refractivity contribution in [2.75, 3.05) is 0 Å². The van der Waals surface area contributed by atoms with Crippen molar-refractivity contribution in [3.05, 3.63) is 51.2 Å². The lowest BCUT2D eigenvalue weighted by Crippen LogP contribution is -1.98. The predicted octanol–water partition coefficient (Wildman–Crippen LogP) is 4.41. The number of rotatable bonds is 2. The summed E-state index contributed by atoms with van der Waals surface area (Å²) in [4.78, 5) is 14.7. The highest BCUT2D eigenvalue weighted by molar-refractivity contribution is 6.40. The summed E-state index contributed by atoms with van der Waals surface area (Å²) in [5.41, 5.74) is 0.888. The Balaban J connectivity index is 2.70. The van der Waals surface area contributed by atoms with E-state index in [1.165, 1.54) is 12.3 Å². The Kier molecular flexibility index (Phi) is 3.76. The van der Waals surface area contributed by atoms with Crippen LogP contribution in [0.3, 0.4) is 0 Å². The first kappa shape index (κ1) is 13.1. The lowest BCUT2D eigenvalue weighted by atomic mass is 10.1. The van der Waals surface area contributed by atoms with E-state index in [2.05, 4.69) is 4.98 Å². The van der Waals surface area contributed by atoms with Crippen LogP contribution < -0.4 is 0 Å². The van der Waals surface area contributed by atoms with Gasteiger partial charge in [-0.1, -0.05) is 40.9 Å². The number of hydrogen-bond acceptors (Lipinski definition) is 2. The Morgan fingerprint density at radius 1 is 1.17 bits per heavy atom. The predicted molar refractivity (Wildman–Crippen MR) is 71.7 cm³/mol. The van der Waals surface area contributed by atoms with Crippen LogP contribution in [-0.4, -0.2) is 16.1 Å². The maximum absolute atomic E-state index is 10.9. The van der Waals surface area contributed by atoms with Crippen LogP contribution in [0, 0.1) is 0 Å². The lowest BCUT2D eigenvalue weighted by molar-refractivity contribution is 0.0696. The first-order valence-corrected chi connectivity index (χ1v) is 5.97. The number of aromatic carboxylic acids is 1. The van der Waals surface area contributed by atoms with E-state index in [9.17, 15) is 4.79 Å². The summed E-state index contributed by atoms with van der Waals surface area (Å²) in [7, 11) is 0. The van der Waals surface area contributed by atoms with E-state index in [0.717, 1.165) is 0 Å². The van der Waals surface area contributed by atoms with Crippen LogP contribution in [0.1, 0.15) is 10.4 Å². The molecule has 1 N–H and O–H groups in total. The molecule has 0 saturated carbocycles. The molecule has 92 valence electrons. The highest BCUT2D eigenvalue weighted by Crippen LogP contribution is 2.37. The number of pyridine rings is 1. The first-order valence-electron chi connectivity index (χ1n) is 4.84. The summed E-state index contributed by atoms with van der Waals surface area (Å²) < 4.78 is 0. The molecule has 1 aromatic carbocycles. The van der Waals surface area contributed by atoms with Crippen LogP contribution in [0.4, 0.5) is 0 Å². The molecule has 2 rings (SSSR count). The number of nitrogens with zero attached hydrogens (tertiary/aromatic N) is 1. The molecule has 3 nitrogen and oxygen atoms in total. The Hall–Kier alpha value is -1.29. The van der Waals surface area contributed by atoms with Crippen LogP contribution in [0.5, 0.6) is 0 Å². The Morgan fingerprint density at radius 2 is 1.78 bits per heavy atom. The van der Waals surface area contributed by atoms with Crippen LogP contribution in [0.15, 0.2) is 30.5 Å². The molecule has 0 aliphatic rings. The molecular weight excluding hydrogens is 296 g/mol. The van der Waals surface area contributed by atoms with Gasteiger partial charge in [0.1, 0.15) is 5.15 Å². The standard InChI is InChI=1S/C12H6Cl3NO2/c13-8-2-1-3-9(14)10(8)7-4-6(12(17)18)5-16-11(7)15/h1-5H,(H,17,18). The monoisotopic (exact) mass is 301 g/mol. The second-order valence-corrected chi connectivity index (χ2v) is 4.64. The third kappa shape index (κ3) is 2.43. The van der Waals surface area contributed by atoms with Crippen molar-refractivity contribution in [2.45, 2.75) is 0 Å². The Labute approximate surface area is 118 Å². The van der Waals surface area contributed by atoms with Gasteiger partial charge in [-0.05, 0) is 18.2 Å². The van der Waals surface area contributed by atoms with E-state index in [0.29, 0.717) is 21.2 Å². The van der Waals surface area contributed by atoms with Gasteiger partial charge in [-0.25, -0.2) is 9.78 Å². The maximum atomic E-state index is 10.9. The number of carboxylic acid groups (broad SMARTS) is 1. The molecule has 2 aromatic rings. The molecule has 0 radical (unpaired) electrons. The minimum atomic E-state index is -1.09. The van der Waals surface area contributed by atoms with Crippen molar-refractivity contribution < 1.29 is 9.90 Å². The van der Waals surface area contributed by atoms with Crippen LogP contribution >= 0.6 is 34.8 Å². The van der Waals surface area contributed by atoms with Crippen molar-refractivity contribution in [3.8, 4) is 11.1 Å². The Bertz CT molecular complexity index is 608. The first-order chi connectivity index (χ1) is 8.50. The van der Waals surface area contributed by atoms with Gasteiger partial charge in [-0.2, -0.15) is 0 Å². The molecule has 1 heterocycles. The quantitative estimate of drug-likeness (QED) is 0.836. The number of carbonyl (C=O) groups is 1. The van der Waals surface area contributed by atoms with E-state index in [1.54, 1.807) is 18.2 Å². The summed E-state index contributed by atoms with van der Waals surface area (Å²) in [6, 6.07) is 6.38. The van der Waals surface area contributed by atoms with E-state index in [1.807, 2.05) is 0 Å². The molecule has 0 aliphatic heterocycles. The summed E-state index contributed by atoms with van der Waals surface area (Å²) in [6.07, 6.45) is 1.18. The van der Waals surface area contributed by atoms with E-state index < -0.39 is 5.97 Å². The van der Waals surface area contributed by atoms with Crippen molar-refractivity contribution in [1.29, 1.82) is 0 Å². The highest BCUT2D eigenvalue weighted by Gasteiger charge is 2.15. The topological polar surface area (TPSA) is 50.2 Å². The molecule has 0 aliphatic carbocycles. The van der Waals surface area contributed by atoms with Crippen molar-refractivity contribution in [1.82, 2.24) is 4.98 Å². The smallest absolute Gasteiger partial charge is 0.337 e. The summed E-state index contributed by atoms with van der Waals surface area (Å²) >= 11 is 18.1. The average molecular weight is 303 g/mol. The second kappa shape index (κ2) is 5.14. The van der Waals surface area contributed by atoms with Gasteiger partial charge in [-0.3, -0.25) is 0 Å². The van der Waals surface area contributed by atoms with Crippen LogP contribution in [0.2, 0.25) is 15.2 Å². The zero-order chi connectivity index (χ0) is 13.3. The number of hydrogen-bond donors (Lipinski definition) is 1. The summed E-state index contributed by atoms with van der Waals surface area (Å²) in [5, 5.41) is 9.85. The van der Waals surface area contributed by atoms with Gasteiger partial charge in [-0.15, -0.1) is 0 Å². The molecule has 18 heavy (non-hydrogen) atoms. The van der Waals surface area contributed by atoms with Crippen molar-refractivity contribution in [2.24, 2.45) is 0 Å². The molecule has 1 aromatic heterocycles. The minimum Gasteiger partial charge on any atom is -0.478 e. The Morgan fingerprint density at radius 3 is 2.33 bits per heavy atom. The number of halogens is 3. The van der Waals surface area contributed by atoms with Crippen LogP contribution in [-0.2, 0) is 0 Å². The molecule has 6 heteroatoms. The van der Waals surface area contributed by atoms with Gasteiger partial charge in [0.2, 0.25) is 0 Å². The summed E-state index contributed by atoms with van der Waals surface area (Å²) in [6.45, 7) is 0. The fraction of sp³-hybridized carbons (Fsp3) is 0. The number of aromatic nitrogens is 1. The van der Waals surface area contributed by atoms with Gasteiger partial charge in [0.05, 0.1) is 15.6 Å². The highest BCUT2D eigenvalue weighted by atomic mass is 35.5. The average Bonchev–Trinajstić information content (AvgIpc) is 2.30. The normalized spacial score (nSPS) is 10.4. The van der Waals surface area contributed by atoms with Gasteiger partial charge in [0.15, 0.2) is 0 Å². The maximum Gasteiger partial charge on any atom is 0.337 e. The lowest BCUT2D eigenvalue weighted by Gasteiger charge is -2.09. The summed E-state index contributed by atoms with van der Waals surface area (Å²) in [5.74, 6) is -1.09. The third-order valence-corrected chi connectivity index (χ3v) is 3.25. The van der Waals surface area contributed by atoms with Crippen molar-refractivity contribution >= 4 is 40.8 Å². The van der Waals surface area contributed by atoms with E-state index in [4.69, 9.17) is 39.9 Å². The fourth-order valence-electron chi connectivity index (χ4n) is 1.50. The molecular formula is C12H6Cl3NO2. The van der Waals surface area contributed by atoms with E-state index in [-0.39, 0.29) is 10.7 Å². The molecule has 0 fully saturated rings. The van der Waals surface area contributed by atoms with Gasteiger partial charge >= 0.3 is 5.97 Å². The van der Waals surface area contributed by atoms with Gasteiger partial charge in [0.25, 0.3) is 0 Å². The third-order valence-electron chi connectivity index (χ3n) is 2.32. The SMILES string of the molecule is O=C(O)c1cnc(Cl)c(-c2c(Cl)cccc2Cl)c1. The molecule has 0 bridgehead atoms. The zero-order valence-corrected chi connectivity index (χ0v) is 11.1. The van der Waals surface area contributed by atoms with Crippen molar-refractivity contribution in [3.63, 3.8) is 0 Å². The fourth-order valence-corrected chi connectivity index (χ4v) is 2.29. The second-order valence-electron chi connectivity index (χ2n) is 3.46. The molecule has 0 amide bonds. The van der Waals surface area contributed by atoms with E-state index >= 15 is 0 Å². The molecule has 0 spiro atoms. The van der Waals surface area contributed by atoms with Crippen LogP contribution in [0.25, 0.3) is 11.1 Å². The largest absolute Gasteiger partial charge is 0.478 e. The number of carboxylic acids is 1. The number of benzene rings is 1. The van der Waals surface area contributed by atoms with Gasteiger partial charge < -0.3 is 5.11 Å². The molecule has 0 saturated heterocycles. The molecule has 0 atom stereocenters. The van der Waals surface area contributed by atoms with Gasteiger partial charge in [0, 0.05) is 17.3 Å². The minimum absolute atomic E-state index is 0.0189.